The second kappa shape index (κ2) is 15.8. The number of fused-ring (bicyclic) bond motifs is 1. The van der Waals surface area contributed by atoms with Crippen LogP contribution in [0.4, 0.5) is 0 Å². The summed E-state index contributed by atoms with van der Waals surface area (Å²) in [6.07, 6.45) is 18.3. The topological polar surface area (TPSA) is 4.44 Å². The standard InChI is InChI=1S/C26H41N.ClH/c1-27(2)23-16-12-10-8-6-4-3-5-7-9-11-13-18-24-20-17-21-25-19-14-15-22-26(24)25;/h14-15,17,19-22H,3-13,16,18,23H2,1-2H3;1H. The van der Waals surface area contributed by atoms with E-state index in [9.17, 15) is 0 Å². The van der Waals surface area contributed by atoms with Gasteiger partial charge in [0.05, 0.1) is 20.6 Å². The number of unbranched alkanes of at least 4 members (excludes halogenated alkanes) is 11. The summed E-state index contributed by atoms with van der Waals surface area (Å²) in [6, 6.07) is 15.5. The van der Waals surface area contributed by atoms with Crippen LogP contribution in [0.3, 0.4) is 0 Å². The molecule has 2 heteroatoms. The highest BCUT2D eigenvalue weighted by Crippen LogP contribution is 2.21. The molecule has 0 spiro atoms. The fourth-order valence-corrected chi connectivity index (χ4v) is 4.07. The molecule has 0 amide bonds. The molecule has 2 rings (SSSR count). The van der Waals surface area contributed by atoms with Crippen LogP contribution < -0.4 is 17.3 Å². The summed E-state index contributed by atoms with van der Waals surface area (Å²) >= 11 is 0. The molecular formula is C26H42ClN. The summed E-state index contributed by atoms with van der Waals surface area (Å²) in [5.74, 6) is 0. The molecule has 0 saturated heterocycles. The summed E-state index contributed by atoms with van der Waals surface area (Å²) in [6.45, 7) is 1.33. The van der Waals surface area contributed by atoms with Gasteiger partial charge in [0.2, 0.25) is 0 Å². The Labute approximate surface area is 180 Å². The van der Waals surface area contributed by atoms with Crippen LogP contribution in [-0.4, -0.2) is 20.6 Å². The normalized spacial score (nSPS) is 11.1. The molecule has 0 aliphatic carbocycles. The van der Waals surface area contributed by atoms with Crippen LogP contribution in [-0.2, 0) is 6.42 Å². The minimum absolute atomic E-state index is 0. The second-order valence-electron chi connectivity index (χ2n) is 8.59. The molecular weight excluding hydrogens is 362 g/mol. The highest BCUT2D eigenvalue weighted by molar-refractivity contribution is 5.85. The molecule has 0 aromatic heterocycles. The Hall–Kier alpha value is -1.05. The molecule has 28 heavy (non-hydrogen) atoms. The van der Waals surface area contributed by atoms with Crippen molar-refractivity contribution in [1.29, 1.82) is 0 Å². The maximum Gasteiger partial charge on any atom is 0.0766 e. The third kappa shape index (κ3) is 10.5. The third-order valence-corrected chi connectivity index (χ3v) is 5.75. The first-order chi connectivity index (χ1) is 13.3. The van der Waals surface area contributed by atoms with Crippen molar-refractivity contribution >= 4 is 10.8 Å². The van der Waals surface area contributed by atoms with Gasteiger partial charge in [-0.1, -0.05) is 100 Å². The highest BCUT2D eigenvalue weighted by Gasteiger charge is 2.00. The summed E-state index contributed by atoms with van der Waals surface area (Å²) < 4.78 is 0. The Morgan fingerprint density at radius 1 is 0.571 bits per heavy atom. The lowest BCUT2D eigenvalue weighted by molar-refractivity contribution is -0.858. The number of hydrogen-bond acceptors (Lipinski definition) is 0. The first kappa shape index (κ1) is 25.0. The average molecular weight is 404 g/mol. The quantitative estimate of drug-likeness (QED) is 0.435. The Balaban J connectivity index is 0.00000392. The molecule has 1 nitrogen and oxygen atoms in total. The number of nitrogens with one attached hydrogen (secondary N) is 1. The first-order valence-electron chi connectivity index (χ1n) is 11.5. The zero-order valence-electron chi connectivity index (χ0n) is 18.3. The minimum Gasteiger partial charge on any atom is -1.00 e. The molecule has 0 aliphatic heterocycles. The maximum atomic E-state index is 2.31. The Bertz CT molecular complexity index is 617. The molecule has 0 aliphatic rings. The van der Waals surface area contributed by atoms with Crippen molar-refractivity contribution in [2.75, 3.05) is 20.6 Å². The van der Waals surface area contributed by atoms with Gasteiger partial charge in [-0.25, -0.2) is 0 Å². The monoisotopic (exact) mass is 403 g/mol. The van der Waals surface area contributed by atoms with Crippen LogP contribution in [0.15, 0.2) is 42.5 Å². The summed E-state index contributed by atoms with van der Waals surface area (Å²) in [5, 5.41) is 2.83. The van der Waals surface area contributed by atoms with Crippen LogP contribution in [0.5, 0.6) is 0 Å². The molecule has 0 heterocycles. The fraction of sp³-hybridized carbons (Fsp3) is 0.615. The van der Waals surface area contributed by atoms with Crippen LogP contribution in [0.2, 0.25) is 0 Å². The predicted molar refractivity (Wildman–Crippen MR) is 121 cm³/mol. The summed E-state index contributed by atoms with van der Waals surface area (Å²) in [4.78, 5) is 1.59. The van der Waals surface area contributed by atoms with Gasteiger partial charge in [-0.3, -0.25) is 0 Å². The van der Waals surface area contributed by atoms with E-state index in [0.717, 1.165) is 0 Å². The molecule has 0 fully saturated rings. The number of benzene rings is 2. The molecule has 1 N–H and O–H groups in total. The SMILES string of the molecule is C[NH+](C)CCCCCCCCCCCCCCc1cccc2ccccc12.[Cl-]. The highest BCUT2D eigenvalue weighted by atomic mass is 35.5. The number of rotatable bonds is 15. The van der Waals surface area contributed by atoms with Crippen LogP contribution in [0, 0.1) is 0 Å². The lowest BCUT2D eigenvalue weighted by atomic mass is 9.99. The first-order valence-corrected chi connectivity index (χ1v) is 11.5. The van der Waals surface area contributed by atoms with E-state index in [1.165, 1.54) is 106 Å². The second-order valence-corrected chi connectivity index (χ2v) is 8.59. The van der Waals surface area contributed by atoms with E-state index >= 15 is 0 Å². The molecule has 158 valence electrons. The van der Waals surface area contributed by atoms with E-state index in [0.29, 0.717) is 0 Å². The molecule has 2 aromatic carbocycles. The van der Waals surface area contributed by atoms with Crippen LogP contribution in [0.25, 0.3) is 10.8 Å². The Morgan fingerprint density at radius 2 is 1.07 bits per heavy atom. The lowest BCUT2D eigenvalue weighted by Crippen LogP contribution is -3.05. The van der Waals surface area contributed by atoms with Crippen molar-refractivity contribution in [3.8, 4) is 0 Å². The van der Waals surface area contributed by atoms with Gasteiger partial charge in [-0.2, -0.15) is 0 Å². The van der Waals surface area contributed by atoms with Crippen LogP contribution in [0.1, 0.15) is 82.6 Å². The van der Waals surface area contributed by atoms with Gasteiger partial charge in [0.25, 0.3) is 0 Å². The smallest absolute Gasteiger partial charge is 0.0766 e. The molecule has 0 unspecified atom stereocenters. The van der Waals surface area contributed by atoms with Gasteiger partial charge in [0, 0.05) is 0 Å². The van der Waals surface area contributed by atoms with Crippen molar-refractivity contribution < 1.29 is 17.3 Å². The lowest BCUT2D eigenvalue weighted by Gasteiger charge is -2.07. The van der Waals surface area contributed by atoms with Crippen molar-refractivity contribution in [3.63, 3.8) is 0 Å². The van der Waals surface area contributed by atoms with Crippen molar-refractivity contribution in [2.24, 2.45) is 0 Å². The van der Waals surface area contributed by atoms with E-state index in [2.05, 4.69) is 56.6 Å². The molecule has 0 bridgehead atoms. The van der Waals surface area contributed by atoms with Gasteiger partial charge >= 0.3 is 0 Å². The zero-order chi connectivity index (χ0) is 19.2. The third-order valence-electron chi connectivity index (χ3n) is 5.75. The molecule has 0 saturated carbocycles. The number of aryl methyl sites for hydroxylation is 1. The molecule has 0 atom stereocenters. The average Bonchev–Trinajstić information content (AvgIpc) is 2.68. The molecule has 0 radical (unpaired) electrons. The summed E-state index contributed by atoms with van der Waals surface area (Å²) in [7, 11) is 4.51. The Kier molecular flexibility index (Phi) is 14.1. The Morgan fingerprint density at radius 3 is 1.68 bits per heavy atom. The van der Waals surface area contributed by atoms with Gasteiger partial charge in [0.1, 0.15) is 0 Å². The van der Waals surface area contributed by atoms with E-state index in [1.54, 1.807) is 4.90 Å². The maximum absolute atomic E-state index is 2.31. The van der Waals surface area contributed by atoms with E-state index < -0.39 is 0 Å². The minimum atomic E-state index is 0. The van der Waals surface area contributed by atoms with Gasteiger partial charge in [0.15, 0.2) is 0 Å². The van der Waals surface area contributed by atoms with E-state index in [-0.39, 0.29) is 12.4 Å². The van der Waals surface area contributed by atoms with E-state index in [4.69, 9.17) is 0 Å². The van der Waals surface area contributed by atoms with Crippen LogP contribution >= 0.6 is 0 Å². The summed E-state index contributed by atoms with van der Waals surface area (Å²) in [5.41, 5.74) is 1.53. The van der Waals surface area contributed by atoms with Crippen molar-refractivity contribution in [1.82, 2.24) is 0 Å². The number of halogens is 1. The number of quaternary nitrogens is 1. The van der Waals surface area contributed by atoms with Crippen molar-refractivity contribution in [3.05, 3.63) is 48.0 Å². The number of hydrogen-bond donors (Lipinski definition) is 1. The van der Waals surface area contributed by atoms with Gasteiger partial charge < -0.3 is 17.3 Å². The van der Waals surface area contributed by atoms with Gasteiger partial charge in [-0.05, 0) is 42.0 Å². The predicted octanol–water partition coefficient (Wildman–Crippen LogP) is 3.21. The zero-order valence-corrected chi connectivity index (χ0v) is 19.1. The molecule has 2 aromatic rings. The fourth-order valence-electron chi connectivity index (χ4n) is 4.07. The van der Waals surface area contributed by atoms with Gasteiger partial charge in [-0.15, -0.1) is 0 Å². The van der Waals surface area contributed by atoms with Crippen molar-refractivity contribution in [2.45, 2.75) is 83.5 Å². The van der Waals surface area contributed by atoms with E-state index in [1.807, 2.05) is 0 Å². The largest absolute Gasteiger partial charge is 1.00 e.